The molecule has 0 bridgehead atoms. The molecule has 7 nitrogen and oxygen atoms in total. The lowest BCUT2D eigenvalue weighted by atomic mass is 10.1. The van der Waals surface area contributed by atoms with E-state index in [0.29, 0.717) is 36.1 Å². The third kappa shape index (κ3) is 5.29. The van der Waals surface area contributed by atoms with Crippen molar-refractivity contribution in [2.45, 2.75) is 20.5 Å². The van der Waals surface area contributed by atoms with Crippen molar-refractivity contribution in [2.75, 3.05) is 19.0 Å². The maximum Gasteiger partial charge on any atom is 0.271 e. The van der Waals surface area contributed by atoms with E-state index in [0.717, 1.165) is 5.56 Å². The molecule has 0 unspecified atom stereocenters. The van der Waals surface area contributed by atoms with Gasteiger partial charge in [-0.2, -0.15) is 0 Å². The number of rotatable bonds is 8. The molecule has 0 aliphatic heterocycles. The van der Waals surface area contributed by atoms with Crippen LogP contribution in [0.4, 0.5) is 11.4 Å². The van der Waals surface area contributed by atoms with Gasteiger partial charge in [0.05, 0.1) is 18.6 Å². The van der Waals surface area contributed by atoms with Crippen LogP contribution in [0, 0.1) is 16.0 Å². The summed E-state index contributed by atoms with van der Waals surface area (Å²) in [5.74, 6) is 0.681. The second-order valence-electron chi connectivity index (χ2n) is 6.20. The topological polar surface area (TPSA) is 90.7 Å². The number of carbonyl (C=O) groups excluding carboxylic acids is 1. The number of nitro benzene ring substituents is 1. The minimum atomic E-state index is -0.507. The molecule has 7 heteroatoms. The molecule has 1 amide bonds. The van der Waals surface area contributed by atoms with Gasteiger partial charge in [-0.15, -0.1) is 0 Å². The van der Waals surface area contributed by atoms with E-state index in [4.69, 9.17) is 9.47 Å². The maximum atomic E-state index is 12.5. The van der Waals surface area contributed by atoms with Crippen LogP contribution in [0.25, 0.3) is 0 Å². The fourth-order valence-corrected chi connectivity index (χ4v) is 2.34. The number of carbonyl (C=O) groups is 1. The molecule has 1 N–H and O–H groups in total. The number of nitro groups is 1. The summed E-state index contributed by atoms with van der Waals surface area (Å²) in [4.78, 5) is 22.8. The van der Waals surface area contributed by atoms with Crippen molar-refractivity contribution in [3.8, 4) is 5.75 Å². The van der Waals surface area contributed by atoms with Crippen molar-refractivity contribution in [2.24, 2.45) is 5.92 Å². The minimum absolute atomic E-state index is 0.0831. The summed E-state index contributed by atoms with van der Waals surface area (Å²) in [6.07, 6.45) is 0. The van der Waals surface area contributed by atoms with E-state index < -0.39 is 4.92 Å². The van der Waals surface area contributed by atoms with Crippen LogP contribution < -0.4 is 10.1 Å². The predicted octanol–water partition coefficient (Wildman–Crippen LogP) is 4.03. The Hall–Kier alpha value is -2.93. The molecule has 0 heterocycles. The van der Waals surface area contributed by atoms with Crippen molar-refractivity contribution in [3.63, 3.8) is 0 Å². The summed E-state index contributed by atoms with van der Waals surface area (Å²) in [5.41, 5.74) is 1.46. The Kier molecular flexibility index (Phi) is 6.68. The van der Waals surface area contributed by atoms with E-state index in [-0.39, 0.29) is 11.6 Å². The van der Waals surface area contributed by atoms with Crippen LogP contribution in [0.5, 0.6) is 5.75 Å². The predicted molar refractivity (Wildman–Crippen MR) is 98.5 cm³/mol. The molecule has 0 aliphatic rings. The number of non-ortho nitro benzene ring substituents is 1. The van der Waals surface area contributed by atoms with Crippen LogP contribution in [0.1, 0.15) is 29.8 Å². The Labute approximate surface area is 152 Å². The number of anilines is 1. The van der Waals surface area contributed by atoms with Gasteiger partial charge >= 0.3 is 0 Å². The molecule has 2 rings (SSSR count). The molecule has 0 fully saturated rings. The van der Waals surface area contributed by atoms with E-state index in [1.807, 2.05) is 0 Å². The summed E-state index contributed by atoms with van der Waals surface area (Å²) in [7, 11) is 1.56. The number of benzene rings is 2. The van der Waals surface area contributed by atoms with Gasteiger partial charge in [-0.3, -0.25) is 14.9 Å². The molecule has 2 aromatic carbocycles. The zero-order chi connectivity index (χ0) is 19.1. The first-order valence-corrected chi connectivity index (χ1v) is 8.21. The average Bonchev–Trinajstić information content (AvgIpc) is 2.61. The lowest BCUT2D eigenvalue weighted by Gasteiger charge is -2.12. The molecule has 0 saturated heterocycles. The number of hydrogen-bond donors (Lipinski definition) is 1. The SMILES string of the molecule is COc1ccc(C(=O)Nc2cccc([N+](=O)[O-])c2)cc1COCC(C)C. The molecule has 0 atom stereocenters. The minimum Gasteiger partial charge on any atom is -0.496 e. The average molecular weight is 358 g/mol. The van der Waals surface area contributed by atoms with Crippen molar-refractivity contribution < 1.29 is 19.2 Å². The highest BCUT2D eigenvalue weighted by Gasteiger charge is 2.13. The highest BCUT2D eigenvalue weighted by Crippen LogP contribution is 2.23. The number of methoxy groups -OCH3 is 1. The summed E-state index contributed by atoms with van der Waals surface area (Å²) in [6, 6.07) is 10.8. The van der Waals surface area contributed by atoms with Crippen molar-refractivity contribution in [1.82, 2.24) is 0 Å². The third-order valence-electron chi connectivity index (χ3n) is 3.57. The van der Waals surface area contributed by atoms with Gasteiger partial charge in [0.1, 0.15) is 5.75 Å². The van der Waals surface area contributed by atoms with Gasteiger partial charge in [0.2, 0.25) is 0 Å². The van der Waals surface area contributed by atoms with Crippen LogP contribution in [0.2, 0.25) is 0 Å². The molecule has 0 aromatic heterocycles. The van der Waals surface area contributed by atoms with E-state index in [1.54, 1.807) is 31.4 Å². The highest BCUT2D eigenvalue weighted by atomic mass is 16.6. The smallest absolute Gasteiger partial charge is 0.271 e. The Morgan fingerprint density at radius 2 is 2.00 bits per heavy atom. The fraction of sp³-hybridized carbons (Fsp3) is 0.316. The summed E-state index contributed by atoms with van der Waals surface area (Å²) in [5, 5.41) is 13.5. The van der Waals surface area contributed by atoms with Gasteiger partial charge in [0.15, 0.2) is 0 Å². The van der Waals surface area contributed by atoms with E-state index in [9.17, 15) is 14.9 Å². The molecule has 26 heavy (non-hydrogen) atoms. The van der Waals surface area contributed by atoms with E-state index in [1.165, 1.54) is 18.2 Å². The van der Waals surface area contributed by atoms with Gasteiger partial charge in [-0.05, 0) is 30.2 Å². The maximum absolute atomic E-state index is 12.5. The standard InChI is InChI=1S/C19H22N2O5/c1-13(2)11-26-12-15-9-14(7-8-18(15)25-3)19(22)20-16-5-4-6-17(10-16)21(23)24/h4-10,13H,11-12H2,1-3H3,(H,20,22). The fourth-order valence-electron chi connectivity index (χ4n) is 2.34. The highest BCUT2D eigenvalue weighted by molar-refractivity contribution is 6.04. The molecule has 0 radical (unpaired) electrons. The second-order valence-corrected chi connectivity index (χ2v) is 6.20. The molecular weight excluding hydrogens is 336 g/mol. The monoisotopic (exact) mass is 358 g/mol. The van der Waals surface area contributed by atoms with Crippen molar-refractivity contribution in [1.29, 1.82) is 0 Å². The first kappa shape index (κ1) is 19.4. The van der Waals surface area contributed by atoms with Crippen molar-refractivity contribution in [3.05, 3.63) is 63.7 Å². The van der Waals surface area contributed by atoms with Crippen LogP contribution in [-0.2, 0) is 11.3 Å². The van der Waals surface area contributed by atoms with E-state index >= 15 is 0 Å². The van der Waals surface area contributed by atoms with Crippen molar-refractivity contribution >= 4 is 17.3 Å². The van der Waals surface area contributed by atoms with Gasteiger partial charge < -0.3 is 14.8 Å². The molecule has 2 aromatic rings. The van der Waals surface area contributed by atoms with Gasteiger partial charge in [0.25, 0.3) is 11.6 Å². The molecular formula is C19H22N2O5. The van der Waals surface area contributed by atoms with Gasteiger partial charge in [0, 0.05) is 35.6 Å². The van der Waals surface area contributed by atoms with Crippen LogP contribution in [0.15, 0.2) is 42.5 Å². The van der Waals surface area contributed by atoms with E-state index in [2.05, 4.69) is 19.2 Å². The Morgan fingerprint density at radius 1 is 1.23 bits per heavy atom. The number of nitrogens with one attached hydrogen (secondary N) is 1. The number of nitrogens with zero attached hydrogens (tertiary/aromatic N) is 1. The number of amides is 1. The zero-order valence-electron chi connectivity index (χ0n) is 15.0. The zero-order valence-corrected chi connectivity index (χ0v) is 15.0. The van der Waals surface area contributed by atoms with Crippen LogP contribution in [0.3, 0.4) is 0 Å². The second kappa shape index (κ2) is 8.96. The third-order valence-corrected chi connectivity index (χ3v) is 3.57. The summed E-state index contributed by atoms with van der Waals surface area (Å²) >= 11 is 0. The molecule has 0 aliphatic carbocycles. The normalized spacial score (nSPS) is 10.6. The number of ether oxygens (including phenoxy) is 2. The quantitative estimate of drug-likeness (QED) is 0.568. The Bertz CT molecular complexity index is 789. The van der Waals surface area contributed by atoms with Crippen LogP contribution >= 0.6 is 0 Å². The van der Waals surface area contributed by atoms with Gasteiger partial charge in [-0.25, -0.2) is 0 Å². The lowest BCUT2D eigenvalue weighted by molar-refractivity contribution is -0.384. The largest absolute Gasteiger partial charge is 0.496 e. The Morgan fingerprint density at radius 3 is 2.65 bits per heavy atom. The summed E-state index contributed by atoms with van der Waals surface area (Å²) in [6.45, 7) is 5.05. The van der Waals surface area contributed by atoms with Gasteiger partial charge in [-0.1, -0.05) is 19.9 Å². The molecule has 0 spiro atoms. The first-order valence-electron chi connectivity index (χ1n) is 8.21. The summed E-state index contributed by atoms with van der Waals surface area (Å²) < 4.78 is 10.9. The Balaban J connectivity index is 2.15. The molecule has 138 valence electrons. The lowest BCUT2D eigenvalue weighted by Crippen LogP contribution is -2.13. The molecule has 0 saturated carbocycles. The van der Waals surface area contributed by atoms with Crippen LogP contribution in [-0.4, -0.2) is 24.5 Å². The first-order chi connectivity index (χ1) is 12.4. The number of hydrogen-bond acceptors (Lipinski definition) is 5.